The van der Waals surface area contributed by atoms with E-state index in [2.05, 4.69) is 41.4 Å². The fourth-order valence-corrected chi connectivity index (χ4v) is 4.24. The van der Waals surface area contributed by atoms with E-state index in [1.54, 1.807) is 36.8 Å². The van der Waals surface area contributed by atoms with Gasteiger partial charge in [0.2, 0.25) is 0 Å². The molecule has 7 nitrogen and oxygen atoms in total. The normalized spacial score (nSPS) is 11.0. The van der Waals surface area contributed by atoms with Crippen molar-refractivity contribution in [2.24, 2.45) is 10.9 Å². The first-order valence-electron chi connectivity index (χ1n) is 15.2. The van der Waals surface area contributed by atoms with E-state index in [4.69, 9.17) is 0 Å². The lowest BCUT2D eigenvalue weighted by Gasteiger charge is -2.11. The highest BCUT2D eigenvalue weighted by molar-refractivity contribution is 6.02. The molecule has 0 aliphatic heterocycles. The van der Waals surface area contributed by atoms with Crippen LogP contribution in [0.5, 0.6) is 0 Å². The monoisotopic (exact) mass is 599 g/mol. The number of carbonyl (C=O) groups excluding carboxylic acids is 2. The van der Waals surface area contributed by atoms with Gasteiger partial charge in [0.05, 0.1) is 6.54 Å². The molecule has 0 fully saturated rings. The molecule has 0 saturated carbocycles. The zero-order valence-electron chi connectivity index (χ0n) is 27.2. The van der Waals surface area contributed by atoms with Gasteiger partial charge in [-0.1, -0.05) is 52.8 Å². The summed E-state index contributed by atoms with van der Waals surface area (Å²) in [6, 6.07) is 15.4. The van der Waals surface area contributed by atoms with Crippen molar-refractivity contribution in [3.8, 4) is 22.4 Å². The molecule has 4 aromatic rings. The predicted molar refractivity (Wildman–Crippen MR) is 181 cm³/mol. The van der Waals surface area contributed by atoms with Gasteiger partial charge in [0.15, 0.2) is 5.78 Å². The molecular formula is C36H46FN5O2. The summed E-state index contributed by atoms with van der Waals surface area (Å²) in [5.41, 5.74) is 5.25. The van der Waals surface area contributed by atoms with Crippen LogP contribution in [0.2, 0.25) is 0 Å². The van der Waals surface area contributed by atoms with Crippen molar-refractivity contribution in [2.45, 2.75) is 48.0 Å². The van der Waals surface area contributed by atoms with Crippen LogP contribution < -0.4 is 10.6 Å². The average Bonchev–Trinajstić information content (AvgIpc) is 3.41. The molecular weight excluding hydrogens is 553 g/mol. The van der Waals surface area contributed by atoms with Crippen LogP contribution in [0.1, 0.15) is 68.0 Å². The lowest BCUT2D eigenvalue weighted by Crippen LogP contribution is -2.20. The van der Waals surface area contributed by atoms with Crippen molar-refractivity contribution in [1.29, 1.82) is 0 Å². The number of likely N-dealkylation sites (N-methyl/N-ethyl adjacent to an activating group) is 1. The number of aliphatic imine (C=N–C) groups is 1. The molecule has 0 atom stereocenters. The Morgan fingerprint density at radius 2 is 1.61 bits per heavy atom. The summed E-state index contributed by atoms with van der Waals surface area (Å²) in [5, 5.41) is 5.63. The summed E-state index contributed by atoms with van der Waals surface area (Å²) in [4.78, 5) is 34.7. The third-order valence-electron chi connectivity index (χ3n) is 6.10. The molecule has 0 saturated heterocycles. The van der Waals surface area contributed by atoms with E-state index >= 15 is 0 Å². The molecule has 44 heavy (non-hydrogen) atoms. The Balaban J connectivity index is 0.00000104. The zero-order chi connectivity index (χ0) is 32.6. The highest BCUT2D eigenvalue weighted by atomic mass is 19.1. The molecule has 0 bridgehead atoms. The average molecular weight is 600 g/mol. The van der Waals surface area contributed by atoms with Gasteiger partial charge in [-0.2, -0.15) is 0 Å². The highest BCUT2D eigenvalue weighted by Gasteiger charge is 2.21. The number of amides is 1. The number of nitrogens with one attached hydrogen (secondary N) is 2. The van der Waals surface area contributed by atoms with Gasteiger partial charge in [0, 0.05) is 37.1 Å². The standard InChI is InChI=1S/C30H30FN5O2.C4H10.C2H6/c1-4-34-16-6-5-7-20-8-9-22(17-25(20)30(38)33-3)23-12-15-27-35-28(21-10-13-24(31)14-11-21)29(36(27)19-23)26(37)18-32-2;1-4(2)3;1-2/h5-6,8-17,19,32H,4,7,18H2,1-3H3,(H,33,38);4H,1-3H3;1-2H3/b6-5-,34-16?;;. The molecule has 0 aliphatic rings. The molecule has 234 valence electrons. The predicted octanol–water partition coefficient (Wildman–Crippen LogP) is 7.45. The first-order valence-corrected chi connectivity index (χ1v) is 15.2. The number of pyridine rings is 1. The van der Waals surface area contributed by atoms with Crippen LogP contribution in [0.15, 0.2) is 77.9 Å². The summed E-state index contributed by atoms with van der Waals surface area (Å²) in [6.07, 6.45) is 8.03. The number of imidazole rings is 1. The number of allylic oxidation sites excluding steroid dienone is 2. The van der Waals surface area contributed by atoms with Crippen molar-refractivity contribution in [1.82, 2.24) is 20.0 Å². The van der Waals surface area contributed by atoms with Gasteiger partial charge in [-0.05, 0) is 91.5 Å². The Hall–Kier alpha value is -4.43. The molecule has 1 amide bonds. The topological polar surface area (TPSA) is 87.9 Å². The first-order chi connectivity index (χ1) is 21.2. The second-order valence-electron chi connectivity index (χ2n) is 10.4. The molecule has 2 heterocycles. The number of Topliss-reactive ketones (excluding diaryl/α,β-unsaturated/α-hetero) is 1. The molecule has 2 aromatic carbocycles. The van der Waals surface area contributed by atoms with Crippen LogP contribution in [-0.2, 0) is 6.42 Å². The van der Waals surface area contributed by atoms with Gasteiger partial charge in [-0.25, -0.2) is 9.37 Å². The van der Waals surface area contributed by atoms with E-state index in [0.717, 1.165) is 29.2 Å². The lowest BCUT2D eigenvalue weighted by atomic mass is 9.97. The number of nitrogens with zero attached hydrogens (tertiary/aromatic N) is 3. The Kier molecular flexibility index (Phi) is 14.9. The Morgan fingerprint density at radius 3 is 2.23 bits per heavy atom. The Morgan fingerprint density at radius 1 is 0.977 bits per heavy atom. The van der Waals surface area contributed by atoms with Gasteiger partial charge >= 0.3 is 0 Å². The van der Waals surface area contributed by atoms with E-state index in [1.165, 1.54) is 12.1 Å². The minimum Gasteiger partial charge on any atom is -0.355 e. The third kappa shape index (κ3) is 9.81. The largest absolute Gasteiger partial charge is 0.355 e. The van der Waals surface area contributed by atoms with E-state index in [1.807, 2.05) is 69.5 Å². The van der Waals surface area contributed by atoms with Crippen LogP contribution in [0.4, 0.5) is 4.39 Å². The Bertz CT molecular complexity index is 1570. The quantitative estimate of drug-likeness (QED) is 0.146. The molecule has 2 N–H and O–H groups in total. The van der Waals surface area contributed by atoms with Crippen molar-refractivity contribution >= 4 is 23.6 Å². The number of benzene rings is 2. The van der Waals surface area contributed by atoms with Gasteiger partial charge < -0.3 is 10.6 Å². The summed E-state index contributed by atoms with van der Waals surface area (Å²) in [7, 11) is 3.31. The summed E-state index contributed by atoms with van der Waals surface area (Å²) in [5.74, 6) is 0.156. The maximum Gasteiger partial charge on any atom is 0.251 e. The summed E-state index contributed by atoms with van der Waals surface area (Å²) >= 11 is 0. The number of aromatic nitrogens is 2. The minimum absolute atomic E-state index is 0.123. The number of fused-ring (bicyclic) bond motifs is 1. The Labute approximate surface area is 261 Å². The van der Waals surface area contributed by atoms with E-state index in [9.17, 15) is 14.0 Å². The molecule has 8 heteroatoms. The van der Waals surface area contributed by atoms with Crippen LogP contribution in [-0.4, -0.2) is 54.5 Å². The lowest BCUT2D eigenvalue weighted by molar-refractivity contribution is 0.0960. The maximum absolute atomic E-state index is 13.5. The molecule has 0 spiro atoms. The number of carbonyl (C=O) groups is 2. The van der Waals surface area contributed by atoms with Crippen molar-refractivity contribution in [3.05, 3.63) is 95.6 Å². The van der Waals surface area contributed by atoms with Crippen molar-refractivity contribution < 1.29 is 14.0 Å². The first kappa shape index (κ1) is 35.8. The third-order valence-corrected chi connectivity index (χ3v) is 6.10. The van der Waals surface area contributed by atoms with Crippen LogP contribution in [0.3, 0.4) is 0 Å². The van der Waals surface area contributed by atoms with Crippen LogP contribution in [0.25, 0.3) is 28.0 Å². The number of halogens is 1. The summed E-state index contributed by atoms with van der Waals surface area (Å²) < 4.78 is 15.3. The zero-order valence-corrected chi connectivity index (χ0v) is 27.2. The van der Waals surface area contributed by atoms with Crippen molar-refractivity contribution in [3.63, 3.8) is 0 Å². The molecule has 0 aliphatic carbocycles. The van der Waals surface area contributed by atoms with Gasteiger partial charge in [-0.3, -0.25) is 19.0 Å². The van der Waals surface area contributed by atoms with Crippen LogP contribution in [0, 0.1) is 11.7 Å². The van der Waals surface area contributed by atoms with Crippen LogP contribution >= 0.6 is 0 Å². The maximum atomic E-state index is 13.5. The molecule has 2 aromatic heterocycles. The fourth-order valence-electron chi connectivity index (χ4n) is 4.24. The van der Waals surface area contributed by atoms with Gasteiger partial charge in [0.1, 0.15) is 22.9 Å². The van der Waals surface area contributed by atoms with Gasteiger partial charge in [0.25, 0.3) is 5.91 Å². The number of ketones is 1. The number of hydrogen-bond acceptors (Lipinski definition) is 5. The molecule has 0 radical (unpaired) electrons. The van der Waals surface area contributed by atoms with Gasteiger partial charge in [-0.15, -0.1) is 0 Å². The summed E-state index contributed by atoms with van der Waals surface area (Å²) in [6.45, 7) is 13.3. The van der Waals surface area contributed by atoms with E-state index in [-0.39, 0.29) is 24.1 Å². The number of hydrogen-bond donors (Lipinski definition) is 2. The second kappa shape index (κ2) is 18.3. The van der Waals surface area contributed by atoms with Crippen molar-refractivity contribution in [2.75, 3.05) is 27.2 Å². The molecule has 0 unspecified atom stereocenters. The smallest absolute Gasteiger partial charge is 0.251 e. The minimum atomic E-state index is -0.358. The number of rotatable bonds is 10. The van der Waals surface area contributed by atoms with E-state index in [0.29, 0.717) is 34.6 Å². The second-order valence-corrected chi connectivity index (χ2v) is 10.4. The molecule has 4 rings (SSSR count). The van der Waals surface area contributed by atoms with E-state index < -0.39 is 0 Å². The highest BCUT2D eigenvalue weighted by Crippen LogP contribution is 2.29. The SMILES string of the molecule is CC.CC(C)C.CCN=C/C=C\Cc1ccc(-c2ccc3nc(-c4ccc(F)cc4)c(C(=O)CNC)n3c2)cc1C(=O)NC. The fraction of sp³-hybridized carbons (Fsp3) is 0.333.